The Morgan fingerprint density at radius 1 is 0.419 bits per heavy atom. The summed E-state index contributed by atoms with van der Waals surface area (Å²) in [5.74, 6) is 0.647. The first kappa shape index (κ1) is 42.9. The summed E-state index contributed by atoms with van der Waals surface area (Å²) >= 11 is 0. The van der Waals surface area contributed by atoms with Crippen molar-refractivity contribution in [1.82, 2.24) is 0 Å². The van der Waals surface area contributed by atoms with Gasteiger partial charge in [0, 0.05) is 0 Å². The van der Waals surface area contributed by atoms with Crippen LogP contribution in [-0.2, 0) is 14.6 Å². The molecule has 0 aromatic carbocycles. The minimum Gasteiger partial charge on any atom is -0.264 e. The van der Waals surface area contributed by atoms with Crippen molar-refractivity contribution in [1.29, 1.82) is 0 Å². The quantitative estimate of drug-likeness (QED) is 0.0552. The lowest BCUT2D eigenvalue weighted by molar-refractivity contribution is 0.157. The number of rotatable bonds is 36. The molecule has 0 bridgehead atoms. The van der Waals surface area contributed by atoms with Gasteiger partial charge in [-0.1, -0.05) is 213 Å². The Bertz CT molecular complexity index is 604. The van der Waals surface area contributed by atoms with E-state index in [1.54, 1.807) is 0 Å². The Kier molecular flexibility index (Phi) is 33.1. The lowest BCUT2D eigenvalue weighted by Crippen LogP contribution is -2.18. The molecule has 0 aliphatic heterocycles. The van der Waals surface area contributed by atoms with E-state index in [1.165, 1.54) is 193 Å². The Hall–Kier alpha value is -0.130. The van der Waals surface area contributed by atoms with E-state index in [2.05, 4.69) is 13.8 Å². The third-order valence-corrected chi connectivity index (χ3v) is 10.1. The van der Waals surface area contributed by atoms with E-state index in [0.717, 1.165) is 12.8 Å². The number of unbranched alkanes of at least 4 members (excludes halogenated alkanes) is 26. The predicted molar refractivity (Wildman–Crippen MR) is 189 cm³/mol. The summed E-state index contributed by atoms with van der Waals surface area (Å²) < 4.78 is 36.5. The van der Waals surface area contributed by atoms with Crippen LogP contribution in [0, 0.1) is 5.92 Å². The van der Waals surface area contributed by atoms with E-state index in [4.69, 9.17) is 8.74 Å². The fraction of sp³-hybridized carbons (Fsp3) is 1.00. The molecular formula is C38H78O4S. The van der Waals surface area contributed by atoms with Gasteiger partial charge in [-0.2, -0.15) is 8.42 Å². The van der Waals surface area contributed by atoms with Crippen molar-refractivity contribution in [3.8, 4) is 0 Å². The maximum absolute atomic E-state index is 11.2. The zero-order chi connectivity index (χ0) is 31.7. The second-order valence-corrected chi connectivity index (χ2v) is 14.8. The molecule has 4 nitrogen and oxygen atoms in total. The second kappa shape index (κ2) is 33.2. The van der Waals surface area contributed by atoms with Gasteiger partial charge in [-0.05, 0) is 25.2 Å². The zero-order valence-corrected chi connectivity index (χ0v) is 30.4. The van der Waals surface area contributed by atoms with Gasteiger partial charge in [0.25, 0.3) is 0 Å². The van der Waals surface area contributed by atoms with E-state index >= 15 is 0 Å². The molecule has 0 fully saturated rings. The Balaban J connectivity index is 4.02. The van der Waals surface area contributed by atoms with Gasteiger partial charge >= 0.3 is 10.4 Å². The number of hydrogen-bond acceptors (Lipinski definition) is 3. The van der Waals surface area contributed by atoms with Gasteiger partial charge in [-0.15, -0.1) is 0 Å². The van der Waals surface area contributed by atoms with Gasteiger partial charge in [-0.25, -0.2) is 4.18 Å². The van der Waals surface area contributed by atoms with Crippen molar-refractivity contribution in [3.05, 3.63) is 0 Å². The fourth-order valence-electron chi connectivity index (χ4n) is 6.60. The van der Waals surface area contributed by atoms with E-state index in [-0.39, 0.29) is 0 Å². The van der Waals surface area contributed by atoms with Crippen LogP contribution in [0.2, 0.25) is 0 Å². The fourth-order valence-corrected chi connectivity index (χ4v) is 7.18. The van der Waals surface area contributed by atoms with Crippen LogP contribution in [0.5, 0.6) is 0 Å². The first-order valence-electron chi connectivity index (χ1n) is 19.6. The molecule has 1 unspecified atom stereocenters. The molecule has 0 aliphatic carbocycles. The monoisotopic (exact) mass is 631 g/mol. The molecule has 0 saturated carbocycles. The van der Waals surface area contributed by atoms with Gasteiger partial charge in [-0.3, -0.25) is 4.55 Å². The third-order valence-electron chi connectivity index (χ3n) is 9.54. The van der Waals surface area contributed by atoms with Crippen LogP contribution < -0.4 is 0 Å². The molecule has 0 heterocycles. The standard InChI is InChI=1S/C38H78O4S/c1-4-7-9-11-13-15-17-19-21-23-25-27-29-31-33-37(35-36-38(6-3)42-43(39,40)41)34-32-30-28-26-24-22-20-18-16-14-12-10-8-5-2/h37-38H,4-36H2,1-3H3,(H,39,40,41). The molecule has 1 atom stereocenters. The molecule has 260 valence electrons. The van der Waals surface area contributed by atoms with Crippen LogP contribution in [0.1, 0.15) is 233 Å². The Morgan fingerprint density at radius 2 is 0.698 bits per heavy atom. The summed E-state index contributed by atoms with van der Waals surface area (Å²) in [6, 6.07) is 0. The highest BCUT2D eigenvalue weighted by Crippen LogP contribution is 2.26. The van der Waals surface area contributed by atoms with E-state index in [1.807, 2.05) is 6.92 Å². The first-order valence-corrected chi connectivity index (χ1v) is 20.9. The predicted octanol–water partition coefficient (Wildman–Crippen LogP) is 13.7. The molecule has 1 N–H and O–H groups in total. The highest BCUT2D eigenvalue weighted by Gasteiger charge is 2.18. The van der Waals surface area contributed by atoms with Crippen LogP contribution in [0.3, 0.4) is 0 Å². The van der Waals surface area contributed by atoms with Gasteiger partial charge in [0.15, 0.2) is 0 Å². The van der Waals surface area contributed by atoms with Crippen molar-refractivity contribution < 1.29 is 17.2 Å². The lowest BCUT2D eigenvalue weighted by atomic mass is 9.89. The molecule has 0 spiro atoms. The minimum atomic E-state index is -4.37. The minimum absolute atomic E-state index is 0.398. The molecule has 5 heteroatoms. The Labute approximate surface area is 271 Å². The maximum Gasteiger partial charge on any atom is 0.397 e. The molecule has 0 aliphatic rings. The summed E-state index contributed by atoms with van der Waals surface area (Å²) in [6.45, 7) is 6.51. The normalized spacial score (nSPS) is 12.9. The van der Waals surface area contributed by atoms with Gasteiger partial charge < -0.3 is 0 Å². The maximum atomic E-state index is 11.2. The van der Waals surface area contributed by atoms with Crippen molar-refractivity contribution in [3.63, 3.8) is 0 Å². The van der Waals surface area contributed by atoms with E-state index in [9.17, 15) is 8.42 Å². The number of hydrogen-bond donors (Lipinski definition) is 1. The molecule has 0 aromatic heterocycles. The second-order valence-electron chi connectivity index (χ2n) is 13.8. The highest BCUT2D eigenvalue weighted by molar-refractivity contribution is 7.80. The Morgan fingerprint density at radius 3 is 0.953 bits per heavy atom. The summed E-state index contributed by atoms with van der Waals surface area (Å²) in [5, 5.41) is 0. The van der Waals surface area contributed by atoms with Gasteiger partial charge in [0.05, 0.1) is 6.10 Å². The van der Waals surface area contributed by atoms with Crippen molar-refractivity contribution in [2.45, 2.75) is 239 Å². The third kappa shape index (κ3) is 34.6. The van der Waals surface area contributed by atoms with Crippen LogP contribution in [-0.4, -0.2) is 19.1 Å². The molecular weight excluding hydrogens is 552 g/mol. The van der Waals surface area contributed by atoms with E-state index < -0.39 is 16.5 Å². The van der Waals surface area contributed by atoms with Crippen LogP contribution >= 0.6 is 0 Å². The molecule has 0 rings (SSSR count). The van der Waals surface area contributed by atoms with Crippen LogP contribution in [0.15, 0.2) is 0 Å². The molecule has 0 aromatic rings. The van der Waals surface area contributed by atoms with Crippen molar-refractivity contribution in [2.75, 3.05) is 0 Å². The topological polar surface area (TPSA) is 63.6 Å². The molecule has 43 heavy (non-hydrogen) atoms. The lowest BCUT2D eigenvalue weighted by Gasteiger charge is -2.20. The SMILES string of the molecule is CCCCCCCCCCCCCCCCC(CCCCCCCCCCCCCCCC)CCC(CC)OS(=O)(=O)O. The van der Waals surface area contributed by atoms with Gasteiger partial charge in [0.2, 0.25) is 0 Å². The molecule has 0 radical (unpaired) electrons. The summed E-state index contributed by atoms with van der Waals surface area (Å²) in [4.78, 5) is 0. The zero-order valence-electron chi connectivity index (χ0n) is 29.6. The molecule has 0 saturated heterocycles. The average molecular weight is 631 g/mol. The summed E-state index contributed by atoms with van der Waals surface area (Å²) in [6.07, 6.45) is 43.3. The van der Waals surface area contributed by atoms with E-state index in [0.29, 0.717) is 12.3 Å². The summed E-state index contributed by atoms with van der Waals surface area (Å²) in [5.41, 5.74) is 0. The smallest absolute Gasteiger partial charge is 0.264 e. The highest BCUT2D eigenvalue weighted by atomic mass is 32.3. The van der Waals surface area contributed by atoms with Gasteiger partial charge in [0.1, 0.15) is 0 Å². The van der Waals surface area contributed by atoms with Crippen molar-refractivity contribution in [2.24, 2.45) is 5.92 Å². The first-order chi connectivity index (χ1) is 20.9. The largest absolute Gasteiger partial charge is 0.397 e. The average Bonchev–Trinajstić information content (AvgIpc) is 2.98. The van der Waals surface area contributed by atoms with Crippen LogP contribution in [0.4, 0.5) is 0 Å². The summed E-state index contributed by atoms with van der Waals surface area (Å²) in [7, 11) is -4.37. The van der Waals surface area contributed by atoms with Crippen molar-refractivity contribution >= 4 is 10.4 Å². The van der Waals surface area contributed by atoms with Crippen LogP contribution in [0.25, 0.3) is 0 Å². The molecule has 0 amide bonds.